The maximum atomic E-state index is 5.77. The Morgan fingerprint density at radius 2 is 1.88 bits per heavy atom. The summed E-state index contributed by atoms with van der Waals surface area (Å²) in [4.78, 5) is 10.0. The molecular weight excluding hydrogens is 427 g/mol. The number of nitrogens with zero attached hydrogens (tertiary/aromatic N) is 3. The molecule has 1 N–H and O–H groups in total. The van der Waals surface area contributed by atoms with Crippen molar-refractivity contribution in [2.75, 3.05) is 45.9 Å². The molecular formula is C19H39IN4O. The first kappa shape index (κ1) is 23.0. The molecule has 5 nitrogen and oxygen atoms in total. The molecule has 0 spiro atoms. The van der Waals surface area contributed by atoms with E-state index in [0.717, 1.165) is 51.6 Å². The number of hydrogen-bond acceptors (Lipinski definition) is 3. The van der Waals surface area contributed by atoms with E-state index in [1.54, 1.807) is 0 Å². The Morgan fingerprint density at radius 1 is 1.16 bits per heavy atom. The maximum absolute atomic E-state index is 5.77. The summed E-state index contributed by atoms with van der Waals surface area (Å²) in [5.74, 6) is 1.81. The minimum Gasteiger partial charge on any atom is -0.378 e. The lowest BCUT2D eigenvalue weighted by atomic mass is 9.97. The van der Waals surface area contributed by atoms with E-state index in [0.29, 0.717) is 18.1 Å². The van der Waals surface area contributed by atoms with Crippen LogP contribution in [0.4, 0.5) is 0 Å². The Labute approximate surface area is 172 Å². The van der Waals surface area contributed by atoms with E-state index < -0.39 is 0 Å². The van der Waals surface area contributed by atoms with Crippen LogP contribution in [0.3, 0.4) is 0 Å². The van der Waals surface area contributed by atoms with E-state index in [1.807, 2.05) is 0 Å². The van der Waals surface area contributed by atoms with Gasteiger partial charge in [0.15, 0.2) is 5.96 Å². The fraction of sp³-hybridized carbons (Fsp3) is 0.947. The summed E-state index contributed by atoms with van der Waals surface area (Å²) in [5, 5.41) is 3.49. The highest BCUT2D eigenvalue weighted by Gasteiger charge is 2.24. The molecule has 2 fully saturated rings. The second-order valence-corrected chi connectivity index (χ2v) is 7.43. The predicted octanol–water partition coefficient (Wildman–Crippen LogP) is 3.19. The lowest BCUT2D eigenvalue weighted by molar-refractivity contribution is 0.0263. The second-order valence-electron chi connectivity index (χ2n) is 7.43. The van der Waals surface area contributed by atoms with E-state index >= 15 is 0 Å². The molecule has 2 heterocycles. The normalized spacial score (nSPS) is 23.6. The molecule has 0 saturated carbocycles. The Kier molecular flexibility index (Phi) is 11.3. The largest absolute Gasteiger partial charge is 0.378 e. The summed E-state index contributed by atoms with van der Waals surface area (Å²) in [5.41, 5.74) is 0. The average molecular weight is 466 g/mol. The maximum Gasteiger partial charge on any atom is 0.193 e. The van der Waals surface area contributed by atoms with Gasteiger partial charge in [-0.25, -0.2) is 0 Å². The van der Waals surface area contributed by atoms with Gasteiger partial charge in [-0.1, -0.05) is 0 Å². The number of rotatable bonds is 6. The van der Waals surface area contributed by atoms with Gasteiger partial charge in [0.1, 0.15) is 0 Å². The molecule has 0 radical (unpaired) electrons. The van der Waals surface area contributed by atoms with Gasteiger partial charge < -0.3 is 19.9 Å². The second kappa shape index (κ2) is 12.3. The SMILES string of the molecule is CCNC(=NCC1CCCN(C(C)C)C1)N1CCC(OCC)CC1.I. The van der Waals surface area contributed by atoms with Crippen molar-refractivity contribution >= 4 is 29.9 Å². The molecule has 0 amide bonds. The zero-order chi connectivity index (χ0) is 17.4. The smallest absolute Gasteiger partial charge is 0.193 e. The lowest BCUT2D eigenvalue weighted by Crippen LogP contribution is -2.47. The zero-order valence-corrected chi connectivity index (χ0v) is 19.0. The summed E-state index contributed by atoms with van der Waals surface area (Å²) in [7, 11) is 0. The first-order valence-corrected chi connectivity index (χ1v) is 10.0. The van der Waals surface area contributed by atoms with Gasteiger partial charge in [0.05, 0.1) is 6.10 Å². The number of piperidine rings is 2. The van der Waals surface area contributed by atoms with Crippen LogP contribution in [0.2, 0.25) is 0 Å². The molecule has 0 aromatic rings. The molecule has 0 aliphatic carbocycles. The number of guanidine groups is 1. The van der Waals surface area contributed by atoms with Crippen LogP contribution in [0.1, 0.15) is 53.4 Å². The van der Waals surface area contributed by atoms with Crippen LogP contribution in [0.15, 0.2) is 4.99 Å². The van der Waals surface area contributed by atoms with E-state index in [4.69, 9.17) is 9.73 Å². The molecule has 0 aromatic heterocycles. The lowest BCUT2D eigenvalue weighted by Gasteiger charge is -2.36. The highest BCUT2D eigenvalue weighted by molar-refractivity contribution is 14.0. The van der Waals surface area contributed by atoms with E-state index in [1.165, 1.54) is 25.9 Å². The van der Waals surface area contributed by atoms with E-state index in [2.05, 4.69) is 42.8 Å². The van der Waals surface area contributed by atoms with Crippen molar-refractivity contribution in [1.29, 1.82) is 0 Å². The van der Waals surface area contributed by atoms with E-state index in [-0.39, 0.29) is 24.0 Å². The van der Waals surface area contributed by atoms with Gasteiger partial charge in [-0.15, -0.1) is 24.0 Å². The zero-order valence-electron chi connectivity index (χ0n) is 16.7. The Bertz CT molecular complexity index is 384. The van der Waals surface area contributed by atoms with Crippen LogP contribution in [-0.2, 0) is 4.74 Å². The molecule has 2 aliphatic rings. The minimum absolute atomic E-state index is 0. The predicted molar refractivity (Wildman–Crippen MR) is 117 cm³/mol. The highest BCUT2D eigenvalue weighted by atomic mass is 127. The fourth-order valence-corrected chi connectivity index (χ4v) is 3.83. The number of hydrogen-bond donors (Lipinski definition) is 1. The number of nitrogens with one attached hydrogen (secondary N) is 1. The molecule has 1 unspecified atom stereocenters. The standard InChI is InChI=1S/C19H38N4O.HI/c1-5-20-19(22-12-9-18(10-13-22)24-6-2)21-14-17-8-7-11-23(15-17)16(3)4;/h16-18H,5-15H2,1-4H3,(H,20,21);1H. The van der Waals surface area contributed by atoms with Crippen LogP contribution < -0.4 is 5.32 Å². The van der Waals surface area contributed by atoms with Crippen molar-refractivity contribution in [3.05, 3.63) is 0 Å². The molecule has 2 aliphatic heterocycles. The molecule has 148 valence electrons. The van der Waals surface area contributed by atoms with Gasteiger partial charge in [-0.2, -0.15) is 0 Å². The quantitative estimate of drug-likeness (QED) is 0.371. The van der Waals surface area contributed by atoms with Crippen LogP contribution in [0, 0.1) is 5.92 Å². The van der Waals surface area contributed by atoms with Gasteiger partial charge >= 0.3 is 0 Å². The molecule has 0 bridgehead atoms. The van der Waals surface area contributed by atoms with Gasteiger partial charge in [-0.3, -0.25) is 4.99 Å². The topological polar surface area (TPSA) is 40.1 Å². The van der Waals surface area contributed by atoms with Crippen LogP contribution in [-0.4, -0.2) is 73.8 Å². The van der Waals surface area contributed by atoms with Gasteiger partial charge in [0.2, 0.25) is 0 Å². The van der Waals surface area contributed by atoms with Crippen molar-refractivity contribution in [2.24, 2.45) is 10.9 Å². The first-order valence-electron chi connectivity index (χ1n) is 10.0. The Balaban J connectivity index is 0.00000312. The summed E-state index contributed by atoms with van der Waals surface area (Å²) >= 11 is 0. The summed E-state index contributed by atoms with van der Waals surface area (Å²) in [6, 6.07) is 0.655. The molecule has 6 heteroatoms. The van der Waals surface area contributed by atoms with Gasteiger partial charge in [0.25, 0.3) is 0 Å². The van der Waals surface area contributed by atoms with Gasteiger partial charge in [-0.05, 0) is 65.8 Å². The van der Waals surface area contributed by atoms with Crippen LogP contribution in [0.25, 0.3) is 0 Å². The highest BCUT2D eigenvalue weighted by Crippen LogP contribution is 2.19. The van der Waals surface area contributed by atoms with Crippen molar-refractivity contribution in [3.8, 4) is 0 Å². The first-order chi connectivity index (χ1) is 11.6. The van der Waals surface area contributed by atoms with E-state index in [9.17, 15) is 0 Å². The van der Waals surface area contributed by atoms with Gasteiger partial charge in [0, 0.05) is 45.4 Å². The third kappa shape index (κ3) is 7.59. The molecule has 0 aromatic carbocycles. The Morgan fingerprint density at radius 3 is 2.48 bits per heavy atom. The molecule has 1 atom stereocenters. The number of ether oxygens (including phenoxy) is 1. The number of likely N-dealkylation sites (tertiary alicyclic amines) is 2. The van der Waals surface area contributed by atoms with Crippen LogP contribution in [0.5, 0.6) is 0 Å². The molecule has 25 heavy (non-hydrogen) atoms. The number of aliphatic imine (C=N–C) groups is 1. The monoisotopic (exact) mass is 466 g/mol. The molecule has 2 rings (SSSR count). The summed E-state index contributed by atoms with van der Waals surface area (Å²) < 4.78 is 5.77. The van der Waals surface area contributed by atoms with Crippen molar-refractivity contribution in [1.82, 2.24) is 15.1 Å². The minimum atomic E-state index is 0. The third-order valence-corrected chi connectivity index (χ3v) is 5.26. The van der Waals surface area contributed by atoms with Crippen LogP contribution >= 0.6 is 24.0 Å². The fourth-order valence-electron chi connectivity index (χ4n) is 3.83. The van der Waals surface area contributed by atoms with Crippen molar-refractivity contribution in [2.45, 2.75) is 65.5 Å². The summed E-state index contributed by atoms with van der Waals surface area (Å²) in [6.45, 7) is 16.1. The molecule has 2 saturated heterocycles. The average Bonchev–Trinajstić information content (AvgIpc) is 2.60. The third-order valence-electron chi connectivity index (χ3n) is 5.26. The number of halogens is 1. The Hall–Kier alpha value is -0.0800. The van der Waals surface area contributed by atoms with Crippen molar-refractivity contribution in [3.63, 3.8) is 0 Å². The van der Waals surface area contributed by atoms with Crippen molar-refractivity contribution < 1.29 is 4.74 Å². The summed E-state index contributed by atoms with van der Waals surface area (Å²) in [6.07, 6.45) is 5.30.